The van der Waals surface area contributed by atoms with E-state index in [-0.39, 0.29) is 0 Å². The SMILES string of the molecule is [B]1c2ccccc2-c2c1cccc2-c1cccc2c1[nH]c1ccccc12. The summed E-state index contributed by atoms with van der Waals surface area (Å²) >= 11 is 0. The Labute approximate surface area is 152 Å². The van der Waals surface area contributed by atoms with E-state index in [1.54, 1.807) is 0 Å². The molecule has 1 aliphatic heterocycles. The van der Waals surface area contributed by atoms with Crippen LogP contribution in [0.15, 0.2) is 84.9 Å². The fourth-order valence-electron chi connectivity index (χ4n) is 4.33. The molecule has 0 spiro atoms. The highest BCUT2D eigenvalue weighted by atomic mass is 14.7. The fraction of sp³-hybridized carbons (Fsp3) is 0. The number of hydrogen-bond acceptors (Lipinski definition) is 0. The van der Waals surface area contributed by atoms with Crippen LogP contribution in [0.1, 0.15) is 0 Å². The maximum Gasteiger partial charge on any atom is 0.193 e. The lowest BCUT2D eigenvalue weighted by molar-refractivity contribution is 1.54. The Kier molecular flexibility index (Phi) is 2.75. The Morgan fingerprint density at radius 1 is 0.538 bits per heavy atom. The number of aromatic amines is 1. The van der Waals surface area contributed by atoms with Crippen LogP contribution in [0.5, 0.6) is 0 Å². The van der Waals surface area contributed by atoms with Gasteiger partial charge in [0.25, 0.3) is 0 Å². The van der Waals surface area contributed by atoms with Crippen LogP contribution in [0, 0.1) is 0 Å². The van der Waals surface area contributed by atoms with Crippen molar-refractivity contribution in [3.8, 4) is 22.3 Å². The third-order valence-electron chi connectivity index (χ3n) is 5.47. The zero-order valence-corrected chi connectivity index (χ0v) is 14.2. The molecule has 6 rings (SSSR count). The van der Waals surface area contributed by atoms with E-state index in [9.17, 15) is 0 Å². The van der Waals surface area contributed by atoms with Crippen LogP contribution in [0.25, 0.3) is 44.1 Å². The molecule has 1 aliphatic rings. The third-order valence-corrected chi connectivity index (χ3v) is 5.47. The van der Waals surface area contributed by atoms with E-state index in [1.807, 2.05) is 0 Å². The molecule has 0 aliphatic carbocycles. The molecule has 1 radical (unpaired) electrons. The van der Waals surface area contributed by atoms with Gasteiger partial charge in [-0.25, -0.2) is 0 Å². The first kappa shape index (κ1) is 14.0. The monoisotopic (exact) mass is 328 g/mol. The minimum Gasteiger partial charge on any atom is -0.354 e. The lowest BCUT2D eigenvalue weighted by Crippen LogP contribution is -2.20. The van der Waals surface area contributed by atoms with Crippen LogP contribution in [0.4, 0.5) is 0 Å². The molecule has 4 aromatic carbocycles. The average Bonchev–Trinajstić information content (AvgIpc) is 3.26. The van der Waals surface area contributed by atoms with E-state index in [0.29, 0.717) is 0 Å². The number of para-hydroxylation sites is 2. The number of benzene rings is 4. The van der Waals surface area contributed by atoms with Crippen LogP contribution in [0.3, 0.4) is 0 Å². The summed E-state index contributed by atoms with van der Waals surface area (Å²) < 4.78 is 0. The van der Waals surface area contributed by atoms with E-state index in [1.165, 1.54) is 55.0 Å². The van der Waals surface area contributed by atoms with E-state index < -0.39 is 0 Å². The highest BCUT2D eigenvalue weighted by Gasteiger charge is 2.23. The zero-order valence-electron chi connectivity index (χ0n) is 14.2. The summed E-state index contributed by atoms with van der Waals surface area (Å²) in [5, 5.41) is 2.56. The van der Waals surface area contributed by atoms with Crippen molar-refractivity contribution in [3.63, 3.8) is 0 Å². The Bertz CT molecular complexity index is 1310. The smallest absolute Gasteiger partial charge is 0.193 e. The van der Waals surface area contributed by atoms with Gasteiger partial charge >= 0.3 is 0 Å². The van der Waals surface area contributed by atoms with Gasteiger partial charge in [0, 0.05) is 21.9 Å². The first-order valence-electron chi connectivity index (χ1n) is 8.97. The molecule has 1 aromatic heterocycles. The van der Waals surface area contributed by atoms with E-state index >= 15 is 0 Å². The minimum atomic E-state index is 1.19. The normalized spacial score (nSPS) is 12.2. The fourth-order valence-corrected chi connectivity index (χ4v) is 4.33. The Balaban J connectivity index is 1.71. The van der Waals surface area contributed by atoms with Crippen molar-refractivity contribution in [2.24, 2.45) is 0 Å². The topological polar surface area (TPSA) is 15.8 Å². The van der Waals surface area contributed by atoms with Gasteiger partial charge in [-0.15, -0.1) is 0 Å². The molecule has 0 bridgehead atoms. The van der Waals surface area contributed by atoms with E-state index in [4.69, 9.17) is 0 Å². The molecule has 0 amide bonds. The van der Waals surface area contributed by atoms with Crippen molar-refractivity contribution in [2.45, 2.75) is 0 Å². The van der Waals surface area contributed by atoms with Gasteiger partial charge in [-0.3, -0.25) is 0 Å². The summed E-state index contributed by atoms with van der Waals surface area (Å²) in [7, 11) is 2.29. The summed E-state index contributed by atoms with van der Waals surface area (Å²) in [5.74, 6) is 0. The number of H-pyrrole nitrogens is 1. The van der Waals surface area contributed by atoms with Crippen LogP contribution in [-0.2, 0) is 0 Å². The molecule has 26 heavy (non-hydrogen) atoms. The van der Waals surface area contributed by atoms with Crippen LogP contribution in [0.2, 0.25) is 0 Å². The number of rotatable bonds is 1. The number of aromatic nitrogens is 1. The Morgan fingerprint density at radius 2 is 1.23 bits per heavy atom. The lowest BCUT2D eigenvalue weighted by atomic mass is 9.68. The predicted molar refractivity (Wildman–Crippen MR) is 112 cm³/mol. The molecule has 0 atom stereocenters. The van der Waals surface area contributed by atoms with E-state index in [0.717, 1.165) is 0 Å². The molecule has 2 heterocycles. The van der Waals surface area contributed by atoms with Crippen LogP contribution in [-0.4, -0.2) is 12.3 Å². The molecule has 119 valence electrons. The summed E-state index contributed by atoms with van der Waals surface area (Å²) in [5.41, 5.74) is 10.2. The van der Waals surface area contributed by atoms with Crippen LogP contribution < -0.4 is 10.9 Å². The average molecular weight is 328 g/mol. The quantitative estimate of drug-likeness (QED) is 0.424. The molecular formula is C24H15BN. The second kappa shape index (κ2) is 5.12. The molecule has 2 heteroatoms. The van der Waals surface area contributed by atoms with Crippen molar-refractivity contribution in [2.75, 3.05) is 0 Å². The molecule has 0 fully saturated rings. The third kappa shape index (κ3) is 1.82. The summed E-state index contributed by atoms with van der Waals surface area (Å²) in [4.78, 5) is 3.65. The van der Waals surface area contributed by atoms with Crippen molar-refractivity contribution >= 4 is 40.0 Å². The second-order valence-corrected chi connectivity index (χ2v) is 6.90. The predicted octanol–water partition coefficient (Wildman–Crippen LogP) is 4.62. The molecular weight excluding hydrogens is 313 g/mol. The minimum absolute atomic E-state index is 1.19. The highest BCUT2D eigenvalue weighted by Crippen LogP contribution is 2.37. The van der Waals surface area contributed by atoms with Crippen molar-refractivity contribution < 1.29 is 0 Å². The summed E-state index contributed by atoms with van der Waals surface area (Å²) in [6.45, 7) is 0. The second-order valence-electron chi connectivity index (χ2n) is 6.90. The molecule has 0 unspecified atom stereocenters. The molecule has 0 saturated heterocycles. The molecule has 1 nitrogen and oxygen atoms in total. The maximum absolute atomic E-state index is 3.65. The van der Waals surface area contributed by atoms with Gasteiger partial charge in [0.15, 0.2) is 7.28 Å². The van der Waals surface area contributed by atoms with Crippen LogP contribution >= 0.6 is 0 Å². The highest BCUT2D eigenvalue weighted by molar-refractivity contribution is 6.73. The maximum atomic E-state index is 3.65. The first-order chi connectivity index (χ1) is 12.9. The summed E-state index contributed by atoms with van der Waals surface area (Å²) in [6.07, 6.45) is 0. The zero-order chi connectivity index (χ0) is 17.1. The van der Waals surface area contributed by atoms with Gasteiger partial charge in [-0.1, -0.05) is 89.8 Å². The molecule has 5 aromatic rings. The largest absolute Gasteiger partial charge is 0.354 e. The number of nitrogens with one attached hydrogen (secondary N) is 1. The van der Waals surface area contributed by atoms with E-state index in [2.05, 4.69) is 97.2 Å². The van der Waals surface area contributed by atoms with Gasteiger partial charge in [-0.2, -0.15) is 0 Å². The summed E-state index contributed by atoms with van der Waals surface area (Å²) in [6, 6.07) is 30.4. The molecule has 0 saturated carbocycles. The van der Waals surface area contributed by atoms with Crippen molar-refractivity contribution in [3.05, 3.63) is 84.9 Å². The molecule has 1 N–H and O–H groups in total. The Morgan fingerprint density at radius 3 is 2.23 bits per heavy atom. The van der Waals surface area contributed by atoms with Gasteiger partial charge in [0.2, 0.25) is 0 Å². The number of hydrogen-bond donors (Lipinski definition) is 1. The van der Waals surface area contributed by atoms with Gasteiger partial charge in [-0.05, 0) is 22.8 Å². The first-order valence-corrected chi connectivity index (χ1v) is 8.97. The van der Waals surface area contributed by atoms with Crippen molar-refractivity contribution in [1.29, 1.82) is 0 Å². The van der Waals surface area contributed by atoms with Gasteiger partial charge in [0.05, 0.1) is 5.52 Å². The van der Waals surface area contributed by atoms with Gasteiger partial charge < -0.3 is 4.98 Å². The number of fused-ring (bicyclic) bond motifs is 6. The van der Waals surface area contributed by atoms with Crippen molar-refractivity contribution in [1.82, 2.24) is 4.98 Å². The lowest BCUT2D eigenvalue weighted by Gasteiger charge is -2.12. The van der Waals surface area contributed by atoms with Gasteiger partial charge in [0.1, 0.15) is 0 Å². The Hall–Kier alpha value is -3.26. The standard InChI is InChI=1S/C24H15BN/c1-3-12-20-19(8-1)23-16(9-6-13-21(23)25-20)18-11-5-10-17-15-7-2-4-14-22(15)26-24(17)18/h1-14,26H.